The zero-order chi connectivity index (χ0) is 12.5. The Bertz CT molecular complexity index is 438. The number of nitrogens with two attached hydrogens (primary N) is 1. The van der Waals surface area contributed by atoms with Crippen LogP contribution in [-0.2, 0) is 4.74 Å². The molecule has 1 aromatic rings. The van der Waals surface area contributed by atoms with Crippen molar-refractivity contribution in [2.24, 2.45) is 5.84 Å². The lowest BCUT2D eigenvalue weighted by Gasteiger charge is -2.34. The van der Waals surface area contributed by atoms with Crippen LogP contribution in [-0.4, -0.2) is 40.6 Å². The second-order valence-corrected chi connectivity index (χ2v) is 5.01. The molecule has 0 spiro atoms. The lowest BCUT2D eigenvalue weighted by Crippen LogP contribution is -2.42. The van der Waals surface area contributed by atoms with Gasteiger partial charge in [-0.15, -0.1) is 0 Å². The second-order valence-electron chi connectivity index (χ2n) is 5.01. The van der Waals surface area contributed by atoms with Gasteiger partial charge in [-0.2, -0.15) is 0 Å². The number of fused-ring (bicyclic) bond motifs is 1. The normalized spacial score (nSPS) is 28.1. The quantitative estimate of drug-likeness (QED) is 0.590. The molecule has 0 radical (unpaired) electrons. The third-order valence-electron chi connectivity index (χ3n) is 3.70. The molecule has 3 N–H and O–H groups in total. The Morgan fingerprint density at radius 3 is 3.22 bits per heavy atom. The molecule has 2 fully saturated rings. The fraction of sp³-hybridized carbons (Fsp3) is 0.667. The molecule has 0 saturated carbocycles. The molecule has 98 valence electrons. The van der Waals surface area contributed by atoms with Crippen molar-refractivity contribution in [1.82, 2.24) is 14.9 Å². The van der Waals surface area contributed by atoms with Crippen LogP contribution in [0.5, 0.6) is 0 Å². The molecule has 3 rings (SSSR count). The zero-order valence-corrected chi connectivity index (χ0v) is 10.6. The zero-order valence-electron chi connectivity index (χ0n) is 10.6. The highest BCUT2D eigenvalue weighted by atomic mass is 16.5. The molecule has 3 heterocycles. The summed E-state index contributed by atoms with van der Waals surface area (Å²) in [6.07, 6.45) is 2.48. The van der Waals surface area contributed by atoms with Gasteiger partial charge in [-0.1, -0.05) is 0 Å². The van der Waals surface area contributed by atoms with Crippen molar-refractivity contribution in [2.75, 3.05) is 25.1 Å². The Hall–Kier alpha value is -1.24. The minimum atomic E-state index is -0.0358. The summed E-state index contributed by atoms with van der Waals surface area (Å²) in [6.45, 7) is 4.78. The maximum atomic E-state index is 5.90. The monoisotopic (exact) mass is 249 g/mol. The van der Waals surface area contributed by atoms with Crippen LogP contribution >= 0.6 is 0 Å². The van der Waals surface area contributed by atoms with Crippen LogP contribution in [0.1, 0.15) is 30.5 Å². The van der Waals surface area contributed by atoms with Gasteiger partial charge in [0.2, 0.25) is 0 Å². The first kappa shape index (κ1) is 11.8. The van der Waals surface area contributed by atoms with Gasteiger partial charge in [-0.25, -0.2) is 15.8 Å². The fourth-order valence-corrected chi connectivity index (χ4v) is 2.78. The number of nitrogens with zero attached hydrogens (tertiary/aromatic N) is 3. The Labute approximate surface area is 107 Å². The van der Waals surface area contributed by atoms with Gasteiger partial charge in [-0.3, -0.25) is 4.90 Å². The van der Waals surface area contributed by atoms with E-state index >= 15 is 0 Å². The van der Waals surface area contributed by atoms with Gasteiger partial charge in [0, 0.05) is 24.3 Å². The summed E-state index contributed by atoms with van der Waals surface area (Å²) in [6, 6.07) is 2.42. The number of nitrogen functional groups attached to an aromatic ring is 1. The SMILES string of the molecule is Cc1cc(NN)nc(C2CN3CCCC3CO2)n1. The molecule has 0 amide bonds. The minimum Gasteiger partial charge on any atom is -0.367 e. The lowest BCUT2D eigenvalue weighted by atomic mass is 10.2. The van der Waals surface area contributed by atoms with E-state index in [1.165, 1.54) is 19.4 Å². The van der Waals surface area contributed by atoms with Crippen molar-refractivity contribution < 1.29 is 4.74 Å². The van der Waals surface area contributed by atoms with Gasteiger partial charge in [-0.05, 0) is 26.3 Å². The number of hydrogen-bond acceptors (Lipinski definition) is 6. The summed E-state index contributed by atoms with van der Waals surface area (Å²) in [7, 11) is 0. The van der Waals surface area contributed by atoms with E-state index in [0.717, 1.165) is 24.7 Å². The molecule has 2 atom stereocenters. The molecule has 2 unspecified atom stereocenters. The smallest absolute Gasteiger partial charge is 0.161 e. The van der Waals surface area contributed by atoms with E-state index in [4.69, 9.17) is 10.6 Å². The largest absolute Gasteiger partial charge is 0.367 e. The molecule has 0 bridgehead atoms. The topological polar surface area (TPSA) is 76.3 Å². The molecule has 18 heavy (non-hydrogen) atoms. The van der Waals surface area contributed by atoms with E-state index < -0.39 is 0 Å². The molecule has 6 nitrogen and oxygen atoms in total. The van der Waals surface area contributed by atoms with Crippen LogP contribution in [0.25, 0.3) is 0 Å². The average molecular weight is 249 g/mol. The van der Waals surface area contributed by atoms with Gasteiger partial charge in [0.25, 0.3) is 0 Å². The third-order valence-corrected chi connectivity index (χ3v) is 3.70. The maximum absolute atomic E-state index is 5.90. The average Bonchev–Trinajstić information content (AvgIpc) is 2.85. The molecule has 2 aliphatic heterocycles. The number of aryl methyl sites for hydroxylation is 1. The van der Waals surface area contributed by atoms with Gasteiger partial charge < -0.3 is 10.2 Å². The Balaban J connectivity index is 1.80. The van der Waals surface area contributed by atoms with Crippen LogP contribution in [0.4, 0.5) is 5.82 Å². The Kier molecular flexibility index (Phi) is 3.15. The van der Waals surface area contributed by atoms with E-state index in [0.29, 0.717) is 11.9 Å². The number of hydrazine groups is 1. The molecule has 2 aliphatic rings. The number of hydrogen-bond donors (Lipinski definition) is 2. The molecule has 0 aliphatic carbocycles. The Morgan fingerprint density at radius 2 is 2.39 bits per heavy atom. The highest BCUT2D eigenvalue weighted by molar-refractivity contribution is 5.34. The number of morpholine rings is 1. The van der Waals surface area contributed by atoms with Gasteiger partial charge in [0.15, 0.2) is 5.82 Å². The summed E-state index contributed by atoms with van der Waals surface area (Å²) in [4.78, 5) is 11.3. The molecule has 2 saturated heterocycles. The standard InChI is InChI=1S/C12H19N5O/c1-8-5-11(16-13)15-12(14-8)10-6-17-4-2-3-9(17)7-18-10/h5,9-10H,2-4,6-7,13H2,1H3,(H,14,15,16). The summed E-state index contributed by atoms with van der Waals surface area (Å²) in [5.41, 5.74) is 3.48. The van der Waals surface area contributed by atoms with E-state index in [1.807, 2.05) is 13.0 Å². The van der Waals surface area contributed by atoms with Gasteiger partial charge >= 0.3 is 0 Å². The first-order valence-electron chi connectivity index (χ1n) is 6.44. The van der Waals surface area contributed by atoms with E-state index in [2.05, 4.69) is 20.3 Å². The minimum absolute atomic E-state index is 0.0358. The number of rotatable bonds is 2. The number of ether oxygens (including phenoxy) is 1. The van der Waals surface area contributed by atoms with E-state index in [-0.39, 0.29) is 6.10 Å². The number of nitrogens with one attached hydrogen (secondary N) is 1. The Morgan fingerprint density at radius 1 is 1.50 bits per heavy atom. The van der Waals surface area contributed by atoms with Crippen molar-refractivity contribution in [3.05, 3.63) is 17.6 Å². The fourth-order valence-electron chi connectivity index (χ4n) is 2.78. The number of anilines is 1. The molecule has 0 aromatic carbocycles. The highest BCUT2D eigenvalue weighted by Crippen LogP contribution is 2.28. The summed E-state index contributed by atoms with van der Waals surface area (Å²) in [5, 5.41) is 0. The lowest BCUT2D eigenvalue weighted by molar-refractivity contribution is -0.0541. The van der Waals surface area contributed by atoms with Crippen molar-refractivity contribution >= 4 is 5.82 Å². The van der Waals surface area contributed by atoms with Crippen LogP contribution in [0.2, 0.25) is 0 Å². The van der Waals surface area contributed by atoms with Crippen molar-refractivity contribution in [2.45, 2.75) is 31.9 Å². The van der Waals surface area contributed by atoms with Crippen LogP contribution < -0.4 is 11.3 Å². The van der Waals surface area contributed by atoms with Crippen molar-refractivity contribution in [1.29, 1.82) is 0 Å². The van der Waals surface area contributed by atoms with E-state index in [1.54, 1.807) is 0 Å². The van der Waals surface area contributed by atoms with Crippen LogP contribution in [0, 0.1) is 6.92 Å². The molecule has 6 heteroatoms. The summed E-state index contributed by atoms with van der Waals surface area (Å²) >= 11 is 0. The highest BCUT2D eigenvalue weighted by Gasteiger charge is 2.34. The first-order chi connectivity index (χ1) is 8.76. The van der Waals surface area contributed by atoms with Crippen molar-refractivity contribution in [3.8, 4) is 0 Å². The van der Waals surface area contributed by atoms with Gasteiger partial charge in [0.1, 0.15) is 11.9 Å². The first-order valence-corrected chi connectivity index (χ1v) is 6.44. The predicted octanol–water partition coefficient (Wildman–Crippen LogP) is 0.606. The van der Waals surface area contributed by atoms with Crippen LogP contribution in [0.15, 0.2) is 6.07 Å². The number of aromatic nitrogens is 2. The second kappa shape index (κ2) is 4.79. The summed E-state index contributed by atoms with van der Waals surface area (Å²) < 4.78 is 5.90. The molecule has 1 aromatic heterocycles. The van der Waals surface area contributed by atoms with Gasteiger partial charge in [0.05, 0.1) is 6.61 Å². The van der Waals surface area contributed by atoms with Crippen molar-refractivity contribution in [3.63, 3.8) is 0 Å². The molecular weight excluding hydrogens is 230 g/mol. The summed E-state index contributed by atoms with van der Waals surface area (Å²) in [5.74, 6) is 6.78. The third kappa shape index (κ3) is 2.19. The predicted molar refractivity (Wildman–Crippen MR) is 67.9 cm³/mol. The molecular formula is C12H19N5O. The van der Waals surface area contributed by atoms with E-state index in [9.17, 15) is 0 Å². The maximum Gasteiger partial charge on any atom is 0.161 e. The van der Waals surface area contributed by atoms with Crippen LogP contribution in [0.3, 0.4) is 0 Å².